The molecule has 2 aliphatic rings. The fourth-order valence-electron chi connectivity index (χ4n) is 2.25. The fraction of sp³-hybridized carbons (Fsp3) is 0.714. The molecule has 6 nitrogen and oxygen atoms in total. The first-order valence-electron chi connectivity index (χ1n) is 7.16. The predicted octanol–water partition coefficient (Wildman–Crippen LogP) is 1.72. The molecule has 0 aliphatic carbocycles. The highest BCUT2D eigenvalue weighted by Crippen LogP contribution is 2.20. The summed E-state index contributed by atoms with van der Waals surface area (Å²) in [5.41, 5.74) is 1.75. The zero-order valence-corrected chi connectivity index (χ0v) is 13.6. The van der Waals surface area contributed by atoms with E-state index in [4.69, 9.17) is 21.7 Å². The minimum Gasteiger partial charge on any atom is -0.444 e. The van der Waals surface area contributed by atoms with Crippen molar-refractivity contribution in [2.75, 3.05) is 26.4 Å². The normalized spacial score (nSPS) is 20.5. The first-order chi connectivity index (χ1) is 9.85. The Balaban J connectivity index is 2.01. The molecule has 0 atom stereocenters. The second kappa shape index (κ2) is 6.62. The van der Waals surface area contributed by atoms with Crippen molar-refractivity contribution in [2.24, 2.45) is 0 Å². The summed E-state index contributed by atoms with van der Waals surface area (Å²) >= 11 is 5.18. The summed E-state index contributed by atoms with van der Waals surface area (Å²) < 4.78 is 11.0. The minimum absolute atomic E-state index is 0.264. The van der Waals surface area contributed by atoms with Gasteiger partial charge in [0.2, 0.25) is 0 Å². The summed E-state index contributed by atoms with van der Waals surface area (Å²) in [5, 5.41) is 6.73. The third kappa shape index (κ3) is 4.86. The molecule has 21 heavy (non-hydrogen) atoms. The summed E-state index contributed by atoms with van der Waals surface area (Å²) in [6.07, 6.45) is 1.23. The molecule has 0 fully saturated rings. The topological polar surface area (TPSA) is 62.8 Å². The number of rotatable bonds is 0. The monoisotopic (exact) mass is 313 g/mol. The van der Waals surface area contributed by atoms with Crippen LogP contribution >= 0.6 is 12.2 Å². The number of nitrogens with zero attached hydrogens (tertiary/aromatic N) is 1. The molecule has 0 bridgehead atoms. The summed E-state index contributed by atoms with van der Waals surface area (Å²) in [5.74, 6) is 0. The molecule has 7 heteroatoms. The Morgan fingerprint density at radius 1 is 1.33 bits per heavy atom. The zero-order valence-electron chi connectivity index (χ0n) is 12.8. The molecule has 0 saturated heterocycles. The van der Waals surface area contributed by atoms with Crippen LogP contribution in [0.1, 0.15) is 33.6 Å². The number of carbonyl (C=O) groups is 1. The van der Waals surface area contributed by atoms with E-state index in [0.717, 1.165) is 18.5 Å². The Morgan fingerprint density at radius 2 is 2.05 bits per heavy atom. The van der Waals surface area contributed by atoms with Crippen LogP contribution in [0.2, 0.25) is 0 Å². The van der Waals surface area contributed by atoms with Gasteiger partial charge in [0.05, 0.1) is 6.61 Å². The van der Waals surface area contributed by atoms with E-state index in [2.05, 4.69) is 10.6 Å². The number of hydrogen-bond acceptors (Lipinski definition) is 4. The Kier molecular flexibility index (Phi) is 5.05. The highest BCUT2D eigenvalue weighted by molar-refractivity contribution is 7.80. The second-order valence-electron chi connectivity index (χ2n) is 6.17. The molecule has 2 aliphatic heterocycles. The van der Waals surface area contributed by atoms with Gasteiger partial charge in [-0.15, -0.1) is 0 Å². The third-order valence-electron chi connectivity index (χ3n) is 3.27. The van der Waals surface area contributed by atoms with E-state index in [1.807, 2.05) is 20.8 Å². The molecule has 0 saturated carbocycles. The van der Waals surface area contributed by atoms with Gasteiger partial charge in [-0.1, -0.05) is 0 Å². The number of carbonyl (C=O) groups excluding carboxylic acids is 1. The molecule has 1 amide bonds. The zero-order chi connectivity index (χ0) is 15.5. The van der Waals surface area contributed by atoms with Gasteiger partial charge < -0.3 is 25.0 Å². The lowest BCUT2D eigenvalue weighted by atomic mass is 10.1. The Hall–Kier alpha value is -1.34. The van der Waals surface area contributed by atoms with Gasteiger partial charge >= 0.3 is 6.09 Å². The Labute approximate surface area is 130 Å². The molecular weight excluding hydrogens is 290 g/mol. The van der Waals surface area contributed by atoms with Crippen LogP contribution < -0.4 is 10.6 Å². The summed E-state index contributed by atoms with van der Waals surface area (Å²) in [6.45, 7) is 7.83. The first kappa shape index (κ1) is 16.0. The SMILES string of the molecule is CC(C)(C)OC(=O)N1CCC2=C(CC1)NC(=S)NCOC2. The molecule has 0 radical (unpaired) electrons. The van der Waals surface area contributed by atoms with Crippen LogP contribution in [0.3, 0.4) is 0 Å². The van der Waals surface area contributed by atoms with E-state index >= 15 is 0 Å². The van der Waals surface area contributed by atoms with Crippen molar-refractivity contribution in [1.82, 2.24) is 15.5 Å². The summed E-state index contributed by atoms with van der Waals surface area (Å²) in [7, 11) is 0. The fourth-order valence-corrected chi connectivity index (χ4v) is 2.43. The third-order valence-corrected chi connectivity index (χ3v) is 3.52. The number of hydrogen-bond donors (Lipinski definition) is 2. The standard InChI is InChI=1S/C14H23N3O3S/c1-14(2,3)20-13(18)17-6-4-10-8-19-9-15-12(21)16-11(10)5-7-17/h4-9H2,1-3H3,(H2,15,16,21). The summed E-state index contributed by atoms with van der Waals surface area (Å²) in [6, 6.07) is 0. The maximum absolute atomic E-state index is 12.2. The van der Waals surface area contributed by atoms with Crippen LogP contribution in [0, 0.1) is 0 Å². The Morgan fingerprint density at radius 3 is 2.76 bits per heavy atom. The van der Waals surface area contributed by atoms with E-state index in [1.54, 1.807) is 4.90 Å². The van der Waals surface area contributed by atoms with Gasteiger partial charge in [-0.05, 0) is 45.0 Å². The largest absolute Gasteiger partial charge is 0.444 e. The number of ether oxygens (including phenoxy) is 2. The molecule has 0 aromatic rings. The van der Waals surface area contributed by atoms with E-state index in [9.17, 15) is 4.79 Å². The smallest absolute Gasteiger partial charge is 0.410 e. The van der Waals surface area contributed by atoms with Crippen LogP contribution in [0.15, 0.2) is 11.3 Å². The van der Waals surface area contributed by atoms with Gasteiger partial charge in [0, 0.05) is 25.2 Å². The lowest BCUT2D eigenvalue weighted by Crippen LogP contribution is -2.39. The highest BCUT2D eigenvalue weighted by atomic mass is 32.1. The van der Waals surface area contributed by atoms with Crippen LogP contribution in [-0.2, 0) is 9.47 Å². The molecule has 2 heterocycles. The molecular formula is C14H23N3O3S. The van der Waals surface area contributed by atoms with E-state index in [1.165, 1.54) is 5.57 Å². The van der Waals surface area contributed by atoms with Crippen molar-refractivity contribution in [3.8, 4) is 0 Å². The molecule has 2 N–H and O–H groups in total. The van der Waals surface area contributed by atoms with Gasteiger partial charge in [-0.3, -0.25) is 0 Å². The molecule has 0 aromatic carbocycles. The van der Waals surface area contributed by atoms with E-state index in [-0.39, 0.29) is 6.09 Å². The first-order valence-corrected chi connectivity index (χ1v) is 7.57. The van der Waals surface area contributed by atoms with Crippen LogP contribution in [0.5, 0.6) is 0 Å². The minimum atomic E-state index is -0.474. The maximum Gasteiger partial charge on any atom is 0.410 e. The van der Waals surface area contributed by atoms with Gasteiger partial charge in [0.25, 0.3) is 0 Å². The van der Waals surface area contributed by atoms with Crippen molar-refractivity contribution >= 4 is 23.4 Å². The molecule has 2 rings (SSSR count). The highest BCUT2D eigenvalue weighted by Gasteiger charge is 2.25. The van der Waals surface area contributed by atoms with Crippen molar-refractivity contribution in [3.63, 3.8) is 0 Å². The average molecular weight is 313 g/mol. The number of amides is 1. The number of thiocarbonyl (C=S) groups is 1. The second-order valence-corrected chi connectivity index (χ2v) is 6.58. The quantitative estimate of drug-likeness (QED) is 0.664. The molecule has 0 spiro atoms. The van der Waals surface area contributed by atoms with E-state index in [0.29, 0.717) is 31.5 Å². The Bertz CT molecular complexity index is 457. The van der Waals surface area contributed by atoms with Crippen molar-refractivity contribution in [3.05, 3.63) is 11.3 Å². The van der Waals surface area contributed by atoms with Gasteiger partial charge in [-0.25, -0.2) is 4.79 Å². The molecule has 118 valence electrons. The van der Waals surface area contributed by atoms with E-state index < -0.39 is 5.60 Å². The van der Waals surface area contributed by atoms with Crippen LogP contribution in [0.25, 0.3) is 0 Å². The van der Waals surface area contributed by atoms with Crippen LogP contribution in [0.4, 0.5) is 4.79 Å². The van der Waals surface area contributed by atoms with Crippen molar-refractivity contribution < 1.29 is 14.3 Å². The van der Waals surface area contributed by atoms with Gasteiger partial charge in [-0.2, -0.15) is 0 Å². The molecule has 0 aromatic heterocycles. The number of nitrogens with one attached hydrogen (secondary N) is 2. The maximum atomic E-state index is 12.2. The van der Waals surface area contributed by atoms with Crippen LogP contribution in [-0.4, -0.2) is 48.1 Å². The predicted molar refractivity (Wildman–Crippen MR) is 83.8 cm³/mol. The van der Waals surface area contributed by atoms with Crippen molar-refractivity contribution in [1.29, 1.82) is 0 Å². The summed E-state index contributed by atoms with van der Waals surface area (Å²) in [4.78, 5) is 13.9. The lowest BCUT2D eigenvalue weighted by molar-refractivity contribution is 0.0257. The van der Waals surface area contributed by atoms with Gasteiger partial charge in [0.1, 0.15) is 12.3 Å². The average Bonchev–Trinajstić information content (AvgIpc) is 2.53. The van der Waals surface area contributed by atoms with Crippen molar-refractivity contribution in [2.45, 2.75) is 39.2 Å². The lowest BCUT2D eigenvalue weighted by Gasteiger charge is -2.26. The molecule has 0 unspecified atom stereocenters. The van der Waals surface area contributed by atoms with Gasteiger partial charge in [0.15, 0.2) is 5.11 Å².